The molecule has 1 saturated heterocycles. The second-order valence-corrected chi connectivity index (χ2v) is 6.75. The molecule has 0 N–H and O–H groups in total. The van der Waals surface area contributed by atoms with Crippen molar-refractivity contribution in [3.8, 4) is 11.4 Å². The van der Waals surface area contributed by atoms with Crippen LogP contribution in [0.4, 0.5) is 0 Å². The summed E-state index contributed by atoms with van der Waals surface area (Å²) in [4.78, 5) is 11.6. The van der Waals surface area contributed by atoms with Gasteiger partial charge in [-0.1, -0.05) is 28.1 Å². The monoisotopic (exact) mass is 375 g/mol. The van der Waals surface area contributed by atoms with Gasteiger partial charge in [0, 0.05) is 35.9 Å². The van der Waals surface area contributed by atoms with Crippen LogP contribution in [0, 0.1) is 0 Å². The molecule has 0 spiro atoms. The summed E-state index contributed by atoms with van der Waals surface area (Å²) in [5.41, 5.74) is 2.11. The molecule has 2 aromatic rings. The van der Waals surface area contributed by atoms with Gasteiger partial charge in [0.1, 0.15) is 0 Å². The summed E-state index contributed by atoms with van der Waals surface area (Å²) in [7, 11) is 0. The number of likely N-dealkylation sites (tertiary alicyclic amines) is 1. The number of hydrogen-bond acceptors (Lipinski definition) is 4. The Bertz CT molecular complexity index is 630. The molecule has 1 fully saturated rings. The maximum absolute atomic E-state index is 5.78. The molecule has 0 amide bonds. The number of benzene rings is 1. The average Bonchev–Trinajstić information content (AvgIpc) is 2.56. The Balaban J connectivity index is 1.69. The van der Waals surface area contributed by atoms with Crippen molar-refractivity contribution in [2.45, 2.75) is 32.4 Å². The van der Waals surface area contributed by atoms with Crippen LogP contribution in [0.15, 0.2) is 41.0 Å². The molecule has 0 saturated carbocycles. The SMILES string of the molecule is CCO[C@@H]1CCCN(Cc2ccnc(-c3ccc(Br)cc3)n2)C1. The zero-order valence-corrected chi connectivity index (χ0v) is 15.0. The van der Waals surface area contributed by atoms with Crippen molar-refractivity contribution in [2.75, 3.05) is 19.7 Å². The van der Waals surface area contributed by atoms with Crippen molar-refractivity contribution < 1.29 is 4.74 Å². The van der Waals surface area contributed by atoms with Crippen LogP contribution in [0.25, 0.3) is 11.4 Å². The Morgan fingerprint density at radius 1 is 1.26 bits per heavy atom. The summed E-state index contributed by atoms with van der Waals surface area (Å²) in [5, 5.41) is 0. The fourth-order valence-corrected chi connectivity index (χ4v) is 3.24. The standard InChI is InChI=1S/C18H22BrN3O/c1-2-23-17-4-3-11-22(13-17)12-16-9-10-20-18(21-16)14-5-7-15(19)8-6-14/h5-10,17H,2-4,11-13H2,1H3/t17-/m1/s1. The van der Waals surface area contributed by atoms with Gasteiger partial charge in [-0.05, 0) is 44.5 Å². The molecule has 3 rings (SSSR count). The normalized spacial score (nSPS) is 19.0. The third-order valence-corrected chi connectivity index (χ3v) is 4.59. The number of aromatic nitrogens is 2. The largest absolute Gasteiger partial charge is 0.377 e. The van der Waals surface area contributed by atoms with Crippen molar-refractivity contribution >= 4 is 15.9 Å². The van der Waals surface area contributed by atoms with Gasteiger partial charge in [-0.25, -0.2) is 9.97 Å². The molecule has 5 heteroatoms. The molecular weight excluding hydrogens is 354 g/mol. The topological polar surface area (TPSA) is 38.2 Å². The van der Waals surface area contributed by atoms with Gasteiger partial charge < -0.3 is 4.74 Å². The predicted octanol–water partition coefficient (Wildman–Crippen LogP) is 3.91. The van der Waals surface area contributed by atoms with Crippen LogP contribution >= 0.6 is 15.9 Å². The van der Waals surface area contributed by atoms with E-state index in [0.717, 1.165) is 54.2 Å². The molecule has 4 nitrogen and oxygen atoms in total. The van der Waals surface area contributed by atoms with Gasteiger partial charge in [-0.3, -0.25) is 4.90 Å². The van der Waals surface area contributed by atoms with Crippen molar-refractivity contribution in [3.05, 3.63) is 46.7 Å². The fraction of sp³-hybridized carbons (Fsp3) is 0.444. The van der Waals surface area contributed by atoms with Gasteiger partial charge >= 0.3 is 0 Å². The van der Waals surface area contributed by atoms with E-state index in [0.29, 0.717) is 6.10 Å². The molecule has 23 heavy (non-hydrogen) atoms. The lowest BCUT2D eigenvalue weighted by molar-refractivity contribution is 0.00332. The van der Waals surface area contributed by atoms with Crippen molar-refractivity contribution in [3.63, 3.8) is 0 Å². The van der Waals surface area contributed by atoms with Gasteiger partial charge in [0.25, 0.3) is 0 Å². The number of halogens is 1. The molecule has 1 aromatic carbocycles. The van der Waals surface area contributed by atoms with E-state index in [9.17, 15) is 0 Å². The van der Waals surface area contributed by atoms with Crippen molar-refractivity contribution in [2.24, 2.45) is 0 Å². The Kier molecular flexibility index (Phi) is 5.75. The van der Waals surface area contributed by atoms with Crippen molar-refractivity contribution in [1.82, 2.24) is 14.9 Å². The highest BCUT2D eigenvalue weighted by Gasteiger charge is 2.20. The van der Waals surface area contributed by atoms with Crippen LogP contribution in [0.2, 0.25) is 0 Å². The molecule has 1 aromatic heterocycles. The summed E-state index contributed by atoms with van der Waals surface area (Å²) < 4.78 is 6.84. The summed E-state index contributed by atoms with van der Waals surface area (Å²) in [6.07, 6.45) is 4.57. The minimum absolute atomic E-state index is 0.363. The van der Waals surface area contributed by atoms with E-state index in [1.54, 1.807) is 0 Å². The van der Waals surface area contributed by atoms with E-state index in [4.69, 9.17) is 9.72 Å². The van der Waals surface area contributed by atoms with E-state index >= 15 is 0 Å². The number of piperidine rings is 1. The molecule has 0 radical (unpaired) electrons. The molecule has 0 aliphatic carbocycles. The quantitative estimate of drug-likeness (QED) is 0.793. The summed E-state index contributed by atoms with van der Waals surface area (Å²) >= 11 is 3.46. The first-order valence-electron chi connectivity index (χ1n) is 8.16. The Morgan fingerprint density at radius 3 is 2.87 bits per heavy atom. The second kappa shape index (κ2) is 7.99. The maximum Gasteiger partial charge on any atom is 0.159 e. The van der Waals surface area contributed by atoms with Crippen LogP contribution in [0.1, 0.15) is 25.5 Å². The van der Waals surface area contributed by atoms with Gasteiger partial charge in [0.2, 0.25) is 0 Å². The first-order valence-corrected chi connectivity index (χ1v) is 8.95. The highest BCUT2D eigenvalue weighted by molar-refractivity contribution is 9.10. The zero-order chi connectivity index (χ0) is 16.1. The van der Waals surface area contributed by atoms with Gasteiger partial charge in [-0.15, -0.1) is 0 Å². The van der Waals surface area contributed by atoms with Gasteiger partial charge in [-0.2, -0.15) is 0 Å². The van der Waals surface area contributed by atoms with Crippen LogP contribution in [0.3, 0.4) is 0 Å². The Morgan fingerprint density at radius 2 is 2.09 bits per heavy atom. The average molecular weight is 376 g/mol. The minimum Gasteiger partial charge on any atom is -0.377 e. The molecule has 2 heterocycles. The smallest absolute Gasteiger partial charge is 0.159 e. The van der Waals surface area contributed by atoms with E-state index in [1.807, 2.05) is 36.5 Å². The third-order valence-electron chi connectivity index (χ3n) is 4.07. The van der Waals surface area contributed by atoms with Crippen LogP contribution in [-0.4, -0.2) is 40.7 Å². The zero-order valence-electron chi connectivity index (χ0n) is 13.4. The van der Waals surface area contributed by atoms with E-state index in [2.05, 4.69) is 32.7 Å². The van der Waals surface area contributed by atoms with Crippen molar-refractivity contribution in [1.29, 1.82) is 0 Å². The van der Waals surface area contributed by atoms with Crippen LogP contribution < -0.4 is 0 Å². The van der Waals surface area contributed by atoms with Gasteiger partial charge in [0.05, 0.1) is 11.8 Å². The van der Waals surface area contributed by atoms with E-state index in [1.165, 1.54) is 6.42 Å². The Labute approximate surface area is 146 Å². The predicted molar refractivity (Wildman–Crippen MR) is 95.1 cm³/mol. The number of nitrogens with zero attached hydrogens (tertiary/aromatic N) is 3. The van der Waals surface area contributed by atoms with E-state index in [-0.39, 0.29) is 0 Å². The molecule has 1 aliphatic rings. The lowest BCUT2D eigenvalue weighted by Gasteiger charge is -2.32. The lowest BCUT2D eigenvalue weighted by atomic mass is 10.1. The fourth-order valence-electron chi connectivity index (χ4n) is 2.98. The number of hydrogen-bond donors (Lipinski definition) is 0. The second-order valence-electron chi connectivity index (χ2n) is 5.83. The minimum atomic E-state index is 0.363. The Hall–Kier alpha value is -1.30. The maximum atomic E-state index is 5.78. The van der Waals surface area contributed by atoms with Gasteiger partial charge in [0.15, 0.2) is 5.82 Å². The van der Waals surface area contributed by atoms with Crippen LogP contribution in [0.5, 0.6) is 0 Å². The molecule has 1 aliphatic heterocycles. The first-order chi connectivity index (χ1) is 11.2. The molecule has 1 atom stereocenters. The summed E-state index contributed by atoms with van der Waals surface area (Å²) in [5.74, 6) is 0.786. The summed E-state index contributed by atoms with van der Waals surface area (Å²) in [6, 6.07) is 10.1. The third kappa shape index (κ3) is 4.59. The van der Waals surface area contributed by atoms with Crippen LogP contribution in [-0.2, 0) is 11.3 Å². The summed E-state index contributed by atoms with van der Waals surface area (Å²) in [6.45, 7) is 5.82. The molecular formula is C18H22BrN3O. The molecule has 0 unspecified atom stereocenters. The molecule has 122 valence electrons. The highest BCUT2D eigenvalue weighted by Crippen LogP contribution is 2.20. The lowest BCUT2D eigenvalue weighted by Crippen LogP contribution is -2.39. The number of rotatable bonds is 5. The van der Waals surface area contributed by atoms with E-state index < -0.39 is 0 Å². The highest BCUT2D eigenvalue weighted by atomic mass is 79.9. The number of ether oxygens (including phenoxy) is 1. The molecule has 0 bridgehead atoms. The first kappa shape index (κ1) is 16.6.